The van der Waals surface area contributed by atoms with Crippen molar-refractivity contribution in [2.24, 2.45) is 0 Å². The molecule has 0 spiro atoms. The summed E-state index contributed by atoms with van der Waals surface area (Å²) in [5, 5.41) is 3.06. The molecule has 3 rings (SSSR count). The van der Waals surface area contributed by atoms with E-state index in [1.807, 2.05) is 0 Å². The molecule has 1 heteroatoms. The zero-order valence-corrected chi connectivity index (χ0v) is 13.1. The summed E-state index contributed by atoms with van der Waals surface area (Å²) in [5.74, 6) is 0. The molecular weight excluding hydrogens is 256 g/mol. The molecule has 3 aromatic rings. The molecule has 0 bridgehead atoms. The van der Waals surface area contributed by atoms with E-state index < -0.39 is 9.52 Å². The molecule has 0 aliphatic heterocycles. The molecular formula is C19H18Si. The van der Waals surface area contributed by atoms with Crippen LogP contribution in [0.4, 0.5) is 0 Å². The van der Waals surface area contributed by atoms with Gasteiger partial charge in [-0.15, -0.1) is 0 Å². The van der Waals surface area contributed by atoms with Gasteiger partial charge in [-0.05, 0) is 18.1 Å². The molecule has 20 heavy (non-hydrogen) atoms. The Morgan fingerprint density at radius 1 is 0.600 bits per heavy atom. The van der Waals surface area contributed by atoms with E-state index in [4.69, 9.17) is 0 Å². The minimum Gasteiger partial charge on any atom is -0.0630 e. The predicted molar refractivity (Wildman–Crippen MR) is 90.9 cm³/mol. The Morgan fingerprint density at radius 2 is 1.20 bits per heavy atom. The molecule has 0 atom stereocenters. The van der Waals surface area contributed by atoms with Crippen molar-refractivity contribution in [1.29, 1.82) is 0 Å². The van der Waals surface area contributed by atoms with Crippen molar-refractivity contribution in [2.75, 3.05) is 0 Å². The van der Waals surface area contributed by atoms with Gasteiger partial charge in [0.15, 0.2) is 0 Å². The van der Waals surface area contributed by atoms with Crippen LogP contribution in [-0.4, -0.2) is 9.52 Å². The molecule has 0 saturated heterocycles. The van der Waals surface area contributed by atoms with Crippen molar-refractivity contribution >= 4 is 19.9 Å². The topological polar surface area (TPSA) is 0 Å². The second-order valence-corrected chi connectivity index (χ2v) is 7.00. The second kappa shape index (κ2) is 5.89. The Hall–Kier alpha value is -2.12. The van der Waals surface area contributed by atoms with Crippen LogP contribution in [-0.2, 0) is 0 Å². The Labute approximate surface area is 122 Å². The van der Waals surface area contributed by atoms with E-state index in [0.29, 0.717) is 0 Å². The van der Waals surface area contributed by atoms with Crippen LogP contribution in [0.5, 0.6) is 0 Å². The zero-order chi connectivity index (χ0) is 13.8. The van der Waals surface area contributed by atoms with E-state index in [0.717, 1.165) is 0 Å². The van der Waals surface area contributed by atoms with E-state index in [9.17, 15) is 0 Å². The molecule has 0 amide bonds. The van der Waals surface area contributed by atoms with Crippen LogP contribution in [0.25, 0.3) is 11.1 Å². The Kier molecular flexibility index (Phi) is 3.80. The van der Waals surface area contributed by atoms with E-state index in [-0.39, 0.29) is 0 Å². The molecule has 3 aromatic carbocycles. The Morgan fingerprint density at radius 3 is 1.95 bits per heavy atom. The minimum atomic E-state index is -0.436. The molecule has 98 valence electrons. The number of aryl methyl sites for hydroxylation is 1. The van der Waals surface area contributed by atoms with Gasteiger partial charge >= 0.3 is 0 Å². The lowest BCUT2D eigenvalue weighted by Crippen LogP contribution is -2.30. The summed E-state index contributed by atoms with van der Waals surface area (Å²) in [4.78, 5) is 0. The summed E-state index contributed by atoms with van der Waals surface area (Å²) in [7, 11) is -0.436. The van der Waals surface area contributed by atoms with Crippen LogP contribution in [0.2, 0.25) is 0 Å². The van der Waals surface area contributed by atoms with Gasteiger partial charge in [-0.3, -0.25) is 0 Å². The molecule has 0 N–H and O–H groups in total. The van der Waals surface area contributed by atoms with E-state index in [2.05, 4.69) is 85.8 Å². The van der Waals surface area contributed by atoms with Gasteiger partial charge in [0.25, 0.3) is 0 Å². The van der Waals surface area contributed by atoms with E-state index in [1.54, 1.807) is 0 Å². The lowest BCUT2D eigenvalue weighted by atomic mass is 10.1. The van der Waals surface area contributed by atoms with Gasteiger partial charge < -0.3 is 0 Å². The quantitative estimate of drug-likeness (QED) is 0.644. The van der Waals surface area contributed by atoms with Gasteiger partial charge in [-0.2, -0.15) is 0 Å². The fourth-order valence-corrected chi connectivity index (χ4v) is 4.41. The van der Waals surface area contributed by atoms with Crippen molar-refractivity contribution < 1.29 is 0 Å². The highest BCUT2D eigenvalue weighted by Gasteiger charge is 2.06. The Bertz CT molecular complexity index is 702. The van der Waals surface area contributed by atoms with Gasteiger partial charge in [0.2, 0.25) is 0 Å². The predicted octanol–water partition coefficient (Wildman–Crippen LogP) is 2.78. The lowest BCUT2D eigenvalue weighted by molar-refractivity contribution is 1.51. The van der Waals surface area contributed by atoms with Gasteiger partial charge in [0.1, 0.15) is 0 Å². The molecule has 0 aromatic heterocycles. The highest BCUT2D eigenvalue weighted by Crippen LogP contribution is 2.16. The van der Waals surface area contributed by atoms with Crippen molar-refractivity contribution in [3.63, 3.8) is 0 Å². The van der Waals surface area contributed by atoms with Crippen molar-refractivity contribution in [2.45, 2.75) is 6.92 Å². The SMILES string of the molecule is Cc1ccccc1[SiH2]c1ccccc1-c1ccccc1. The van der Waals surface area contributed by atoms with Crippen LogP contribution in [0.15, 0.2) is 78.9 Å². The van der Waals surface area contributed by atoms with Gasteiger partial charge in [0, 0.05) is 0 Å². The van der Waals surface area contributed by atoms with Gasteiger partial charge in [-0.25, -0.2) is 0 Å². The molecule has 0 fully saturated rings. The third-order valence-electron chi connectivity index (χ3n) is 3.74. The maximum atomic E-state index is 2.29. The first-order valence-corrected chi connectivity index (χ1v) is 8.44. The first-order valence-electron chi connectivity index (χ1n) is 7.02. The molecule has 0 aliphatic carbocycles. The number of benzene rings is 3. The molecule has 0 nitrogen and oxygen atoms in total. The van der Waals surface area contributed by atoms with Crippen LogP contribution >= 0.6 is 0 Å². The summed E-state index contributed by atoms with van der Waals surface area (Å²) in [6.45, 7) is 2.22. The van der Waals surface area contributed by atoms with Crippen molar-refractivity contribution in [3.8, 4) is 11.1 Å². The van der Waals surface area contributed by atoms with Crippen LogP contribution in [0, 0.1) is 6.92 Å². The highest BCUT2D eigenvalue weighted by atomic mass is 28.2. The smallest absolute Gasteiger partial charge is 0.0630 e. The minimum absolute atomic E-state index is 0.436. The largest absolute Gasteiger partial charge is 0.0886 e. The first kappa shape index (κ1) is 12.9. The molecule has 0 unspecified atom stereocenters. The summed E-state index contributed by atoms with van der Waals surface area (Å²) < 4.78 is 0. The van der Waals surface area contributed by atoms with E-state index in [1.165, 1.54) is 27.1 Å². The van der Waals surface area contributed by atoms with Gasteiger partial charge in [-0.1, -0.05) is 94.8 Å². The summed E-state index contributed by atoms with van der Waals surface area (Å²) in [5.41, 5.74) is 4.13. The van der Waals surface area contributed by atoms with Crippen LogP contribution in [0.1, 0.15) is 5.56 Å². The molecule has 0 aliphatic rings. The average molecular weight is 274 g/mol. The normalized spacial score (nSPS) is 11.1. The summed E-state index contributed by atoms with van der Waals surface area (Å²) >= 11 is 0. The maximum Gasteiger partial charge on any atom is 0.0886 e. The fraction of sp³-hybridized carbons (Fsp3) is 0.0526. The van der Waals surface area contributed by atoms with E-state index >= 15 is 0 Å². The fourth-order valence-electron chi connectivity index (χ4n) is 2.59. The monoisotopic (exact) mass is 274 g/mol. The summed E-state index contributed by atoms with van der Waals surface area (Å²) in [6.07, 6.45) is 0. The first-order chi connectivity index (χ1) is 9.84. The highest BCUT2D eigenvalue weighted by molar-refractivity contribution is 6.69. The summed E-state index contributed by atoms with van der Waals surface area (Å²) in [6, 6.07) is 28.3. The third kappa shape index (κ3) is 2.73. The number of hydrogen-bond acceptors (Lipinski definition) is 0. The van der Waals surface area contributed by atoms with Crippen LogP contribution < -0.4 is 10.4 Å². The zero-order valence-electron chi connectivity index (χ0n) is 11.7. The number of rotatable bonds is 3. The van der Waals surface area contributed by atoms with Crippen molar-refractivity contribution in [3.05, 3.63) is 84.4 Å². The second-order valence-electron chi connectivity index (χ2n) is 5.13. The van der Waals surface area contributed by atoms with Gasteiger partial charge in [0.05, 0.1) is 9.52 Å². The van der Waals surface area contributed by atoms with Crippen molar-refractivity contribution in [1.82, 2.24) is 0 Å². The molecule has 0 radical (unpaired) electrons. The maximum absolute atomic E-state index is 2.29. The molecule has 0 heterocycles. The standard InChI is InChI=1S/C19H18Si/c1-15-9-5-7-13-18(15)20-19-14-8-6-12-17(19)16-10-3-2-4-11-16/h2-14H,20H2,1H3. The average Bonchev–Trinajstić information content (AvgIpc) is 2.51. The third-order valence-corrected chi connectivity index (χ3v) is 5.92. The van der Waals surface area contributed by atoms with Crippen LogP contribution in [0.3, 0.4) is 0 Å². The number of hydrogen-bond donors (Lipinski definition) is 0. The Balaban J connectivity index is 2.01. The lowest BCUT2D eigenvalue weighted by Gasteiger charge is -2.11. The molecule has 0 saturated carbocycles.